The zero-order valence-electron chi connectivity index (χ0n) is 9.79. The molecule has 1 aromatic carbocycles. The minimum absolute atomic E-state index is 0.281. The van der Waals surface area contributed by atoms with E-state index in [-0.39, 0.29) is 5.91 Å². The molecule has 0 unspecified atom stereocenters. The summed E-state index contributed by atoms with van der Waals surface area (Å²) >= 11 is 0. The first-order valence-electron chi connectivity index (χ1n) is 5.42. The molecule has 0 fully saturated rings. The molecule has 0 atom stereocenters. The summed E-state index contributed by atoms with van der Waals surface area (Å²) in [5, 5.41) is 13.9. The number of allylic oxidation sites excluding steroid dienone is 1. The van der Waals surface area contributed by atoms with Gasteiger partial charge in [-0.15, -0.1) is 0 Å². The molecule has 0 bridgehead atoms. The highest BCUT2D eigenvalue weighted by Crippen LogP contribution is 2.10. The van der Waals surface area contributed by atoms with E-state index in [1.807, 2.05) is 37.3 Å². The number of carbonyl (C=O) groups is 1. The molecule has 1 heterocycles. The molecule has 0 aromatic heterocycles. The smallest absolute Gasteiger partial charge is 0.427 e. The highest BCUT2D eigenvalue weighted by Gasteiger charge is 2.31. The van der Waals surface area contributed by atoms with Crippen LogP contribution in [-0.2, 0) is 4.79 Å². The Labute approximate surface area is 100 Å². The van der Waals surface area contributed by atoms with Crippen LogP contribution in [-0.4, -0.2) is 29.1 Å². The van der Waals surface area contributed by atoms with Crippen LogP contribution in [0.5, 0.6) is 0 Å². The van der Waals surface area contributed by atoms with Gasteiger partial charge in [0.05, 0.1) is 6.21 Å². The molecule has 0 radical (unpaired) electrons. The van der Waals surface area contributed by atoms with Crippen LogP contribution in [0.1, 0.15) is 25.0 Å². The molecule has 1 aliphatic rings. The molecule has 1 N–H and O–H groups in total. The normalized spacial score (nSPS) is 14.3. The molecule has 0 saturated heterocycles. The molecule has 0 aliphatic carbocycles. The fraction of sp³-hybridized carbons (Fsp3) is 0.167. The lowest BCUT2D eigenvalue weighted by Crippen LogP contribution is -2.51. The van der Waals surface area contributed by atoms with Gasteiger partial charge < -0.3 is 5.02 Å². The average molecular weight is 228 g/mol. The van der Waals surface area contributed by atoms with Gasteiger partial charge in [0.25, 0.3) is 0 Å². The van der Waals surface area contributed by atoms with E-state index >= 15 is 0 Å². The average Bonchev–Trinajstić information content (AvgIpc) is 2.29. The number of amides is 1. The lowest BCUT2D eigenvalue weighted by Gasteiger charge is -2.23. The first-order valence-corrected chi connectivity index (χ1v) is 5.42. The topological polar surface area (TPSA) is 52.9 Å². The summed E-state index contributed by atoms with van der Waals surface area (Å²) in [7, 11) is -0.993. The van der Waals surface area contributed by atoms with Crippen molar-refractivity contribution < 1.29 is 9.82 Å². The number of fused-ring (bicyclic) bond motifs is 1. The predicted molar refractivity (Wildman–Crippen MR) is 68.9 cm³/mol. The number of hydrogen-bond donors (Lipinski definition) is 1. The van der Waals surface area contributed by atoms with Crippen LogP contribution in [0.2, 0.25) is 0 Å². The lowest BCUT2D eigenvalue weighted by molar-refractivity contribution is -0.125. The van der Waals surface area contributed by atoms with E-state index in [1.165, 1.54) is 6.92 Å². The first kappa shape index (κ1) is 11.6. The predicted octanol–water partition coefficient (Wildman–Crippen LogP) is 0.603. The lowest BCUT2D eigenvalue weighted by atomic mass is 9.69. The molecule has 17 heavy (non-hydrogen) atoms. The summed E-state index contributed by atoms with van der Waals surface area (Å²) < 4.78 is 0. The van der Waals surface area contributed by atoms with Gasteiger partial charge in [-0.1, -0.05) is 24.3 Å². The van der Waals surface area contributed by atoms with Crippen LogP contribution in [0.25, 0.3) is 6.08 Å². The largest absolute Gasteiger partial charge is 0.474 e. The third-order valence-corrected chi connectivity index (χ3v) is 2.62. The van der Waals surface area contributed by atoms with Gasteiger partial charge in [-0.05, 0) is 29.6 Å². The molecule has 0 spiro atoms. The molecule has 5 heteroatoms. The van der Waals surface area contributed by atoms with Crippen LogP contribution >= 0.6 is 0 Å². The van der Waals surface area contributed by atoms with Crippen molar-refractivity contribution in [1.29, 1.82) is 0 Å². The first-order chi connectivity index (χ1) is 8.13. The van der Waals surface area contributed by atoms with Gasteiger partial charge >= 0.3 is 7.05 Å². The van der Waals surface area contributed by atoms with Gasteiger partial charge in [-0.2, -0.15) is 5.10 Å². The third kappa shape index (κ3) is 2.14. The summed E-state index contributed by atoms with van der Waals surface area (Å²) in [6, 6.07) is 5.65. The van der Waals surface area contributed by atoms with Crippen molar-refractivity contribution in [3.05, 3.63) is 35.4 Å². The second-order valence-corrected chi connectivity index (χ2v) is 3.87. The Morgan fingerprint density at radius 3 is 2.94 bits per heavy atom. The van der Waals surface area contributed by atoms with E-state index in [2.05, 4.69) is 5.10 Å². The van der Waals surface area contributed by atoms with Crippen molar-refractivity contribution in [1.82, 2.24) is 4.92 Å². The van der Waals surface area contributed by atoms with E-state index in [9.17, 15) is 9.82 Å². The van der Waals surface area contributed by atoms with E-state index in [4.69, 9.17) is 0 Å². The second-order valence-electron chi connectivity index (χ2n) is 3.87. The maximum absolute atomic E-state index is 11.2. The summed E-state index contributed by atoms with van der Waals surface area (Å²) in [6.45, 7) is 3.32. The number of carbonyl (C=O) groups excluding carboxylic acids is 1. The molecular formula is C12H13BN2O2. The second kappa shape index (κ2) is 4.55. The molecule has 0 saturated carbocycles. The maximum atomic E-state index is 11.2. The van der Waals surface area contributed by atoms with Crippen LogP contribution in [0.15, 0.2) is 29.4 Å². The van der Waals surface area contributed by atoms with Crippen LogP contribution in [0.4, 0.5) is 0 Å². The fourth-order valence-electron chi connectivity index (χ4n) is 1.81. The molecule has 1 amide bonds. The quantitative estimate of drug-likeness (QED) is 0.715. The van der Waals surface area contributed by atoms with Crippen molar-refractivity contribution in [3.63, 3.8) is 0 Å². The summed E-state index contributed by atoms with van der Waals surface area (Å²) in [6.07, 6.45) is 5.51. The number of benzene rings is 1. The number of hydrazone groups is 1. The number of nitrogens with zero attached hydrogens (tertiary/aromatic N) is 2. The van der Waals surface area contributed by atoms with Crippen molar-refractivity contribution >= 4 is 30.7 Å². The number of rotatable bonds is 1. The van der Waals surface area contributed by atoms with Crippen LogP contribution in [0, 0.1) is 0 Å². The fourth-order valence-corrected chi connectivity index (χ4v) is 1.81. The molecule has 86 valence electrons. The SMILES string of the molecule is C/C=C/c1ccc2c(c1)C=NN(C(C)=O)B2O. The van der Waals surface area contributed by atoms with Gasteiger partial charge in [0.2, 0.25) is 5.91 Å². The Bertz CT molecular complexity index is 511. The Balaban J connectivity index is 2.42. The number of hydrogen-bond acceptors (Lipinski definition) is 3. The van der Waals surface area contributed by atoms with Crippen LogP contribution < -0.4 is 5.46 Å². The molecule has 4 nitrogen and oxygen atoms in total. The Morgan fingerprint density at radius 1 is 1.53 bits per heavy atom. The summed E-state index contributed by atoms with van der Waals surface area (Å²) in [5.74, 6) is -0.281. The molecule has 1 aromatic rings. The minimum atomic E-state index is -0.993. The Kier molecular flexibility index (Phi) is 3.11. The van der Waals surface area contributed by atoms with Gasteiger partial charge in [-0.25, -0.2) is 4.92 Å². The van der Waals surface area contributed by atoms with E-state index in [0.29, 0.717) is 5.46 Å². The van der Waals surface area contributed by atoms with Crippen molar-refractivity contribution in [3.8, 4) is 0 Å². The minimum Gasteiger partial charge on any atom is -0.427 e. The maximum Gasteiger partial charge on any atom is 0.474 e. The highest BCUT2D eigenvalue weighted by molar-refractivity contribution is 6.67. The zero-order chi connectivity index (χ0) is 12.4. The van der Waals surface area contributed by atoms with E-state index in [1.54, 1.807) is 6.21 Å². The van der Waals surface area contributed by atoms with Crippen LogP contribution in [0.3, 0.4) is 0 Å². The zero-order valence-corrected chi connectivity index (χ0v) is 9.79. The van der Waals surface area contributed by atoms with E-state index < -0.39 is 7.05 Å². The summed E-state index contributed by atoms with van der Waals surface area (Å²) in [4.78, 5) is 12.3. The van der Waals surface area contributed by atoms with Gasteiger partial charge in [0.1, 0.15) is 0 Å². The van der Waals surface area contributed by atoms with Crippen molar-refractivity contribution in [2.24, 2.45) is 5.10 Å². The van der Waals surface area contributed by atoms with Crippen molar-refractivity contribution in [2.75, 3.05) is 0 Å². The molecular weight excluding hydrogens is 215 g/mol. The van der Waals surface area contributed by atoms with E-state index in [0.717, 1.165) is 16.0 Å². The third-order valence-electron chi connectivity index (χ3n) is 2.62. The Morgan fingerprint density at radius 2 is 2.29 bits per heavy atom. The van der Waals surface area contributed by atoms with Gasteiger partial charge in [-0.3, -0.25) is 4.79 Å². The molecule has 1 aliphatic heterocycles. The Hall–Kier alpha value is -1.88. The van der Waals surface area contributed by atoms with Gasteiger partial charge in [0, 0.05) is 6.92 Å². The standard InChI is InChI=1S/C12H13BN2O2/c1-3-4-10-5-6-12-11(7-10)8-14-15(9(2)16)13(12)17/h3-8,17H,1-2H3/b4-3+. The molecule has 2 rings (SSSR count). The van der Waals surface area contributed by atoms with Gasteiger partial charge in [0.15, 0.2) is 0 Å². The van der Waals surface area contributed by atoms with Crippen molar-refractivity contribution in [2.45, 2.75) is 13.8 Å². The highest BCUT2D eigenvalue weighted by atomic mass is 16.2. The summed E-state index contributed by atoms with van der Waals surface area (Å²) in [5.41, 5.74) is 2.58. The monoisotopic (exact) mass is 228 g/mol.